The summed E-state index contributed by atoms with van der Waals surface area (Å²) in [6.45, 7) is 0.633. The van der Waals surface area contributed by atoms with Gasteiger partial charge in [0.2, 0.25) is 0 Å². The Morgan fingerprint density at radius 2 is 2.25 bits per heavy atom. The third-order valence-corrected chi connectivity index (χ3v) is 5.05. The molecule has 0 bridgehead atoms. The van der Waals surface area contributed by atoms with Crippen LogP contribution in [0.15, 0.2) is 42.7 Å². The lowest BCUT2D eigenvalue weighted by molar-refractivity contribution is 0.129. The third kappa shape index (κ3) is 3.64. The Morgan fingerprint density at radius 1 is 1.39 bits per heavy atom. The summed E-state index contributed by atoms with van der Waals surface area (Å²) in [6.07, 6.45) is 1.31. The molecule has 1 aliphatic rings. The van der Waals surface area contributed by atoms with E-state index < -0.39 is 24.1 Å². The Morgan fingerprint density at radius 3 is 2.96 bits per heavy atom. The summed E-state index contributed by atoms with van der Waals surface area (Å²) in [4.78, 5) is 24.9. The maximum absolute atomic E-state index is 14.7. The first kappa shape index (κ1) is 17.9. The van der Waals surface area contributed by atoms with E-state index in [-0.39, 0.29) is 11.6 Å². The number of nitrogens with zero attached hydrogens (tertiary/aromatic N) is 4. The maximum atomic E-state index is 14.7. The number of aromatic nitrogens is 3. The van der Waals surface area contributed by atoms with Crippen molar-refractivity contribution in [2.75, 3.05) is 11.4 Å². The smallest absolute Gasteiger partial charge is 0.414 e. The maximum Gasteiger partial charge on any atom is 0.414 e. The van der Waals surface area contributed by atoms with Gasteiger partial charge in [-0.25, -0.2) is 18.7 Å². The van der Waals surface area contributed by atoms with Crippen molar-refractivity contribution in [3.63, 3.8) is 0 Å². The molecule has 2 amide bonds. The lowest BCUT2D eigenvalue weighted by Crippen LogP contribution is -2.26. The summed E-state index contributed by atoms with van der Waals surface area (Å²) in [5.74, 6) is -0.516. The van der Waals surface area contributed by atoms with E-state index in [1.807, 2.05) is 0 Å². The van der Waals surface area contributed by atoms with Gasteiger partial charge >= 0.3 is 12.2 Å². The van der Waals surface area contributed by atoms with Crippen LogP contribution in [-0.4, -0.2) is 39.8 Å². The number of anilines is 1. The average Bonchev–Trinajstić information content (AvgIpc) is 3.37. The van der Waals surface area contributed by atoms with Crippen molar-refractivity contribution in [2.45, 2.75) is 12.6 Å². The summed E-state index contributed by atoms with van der Waals surface area (Å²) >= 11 is 1.09. The van der Waals surface area contributed by atoms with Gasteiger partial charge in [-0.05, 0) is 30.3 Å². The number of carbonyl (C=O) groups excluding carboxylic acids is 2. The largest absolute Gasteiger partial charge is 0.442 e. The Labute approximate surface area is 162 Å². The van der Waals surface area contributed by atoms with Gasteiger partial charge in [-0.15, -0.1) is 5.10 Å². The standard InChI is InChI=1S/C17H14FN5O4S/c18-13-7-10(1-2-12(13)14-3-4-15(28-14)27-16(19)24)23-9-11(26-17(23)25)8-22-6-5-20-21-22/h1-7,11H,8-9H2,(H2,19,24)/t11-/m0/s1. The highest BCUT2D eigenvalue weighted by molar-refractivity contribution is 7.17. The molecular formula is C17H14FN5O4S. The number of benzene rings is 1. The Hall–Kier alpha value is -3.47. The van der Waals surface area contributed by atoms with Gasteiger partial charge in [0, 0.05) is 16.6 Å². The molecule has 1 saturated heterocycles. The van der Waals surface area contributed by atoms with Crippen LogP contribution in [0.25, 0.3) is 10.4 Å². The number of hydrogen-bond acceptors (Lipinski definition) is 7. The molecule has 2 aromatic heterocycles. The van der Waals surface area contributed by atoms with E-state index in [1.165, 1.54) is 23.2 Å². The Bertz CT molecular complexity index is 1020. The second-order valence-corrected chi connectivity index (χ2v) is 6.99. The van der Waals surface area contributed by atoms with Crippen molar-refractivity contribution < 1.29 is 23.5 Å². The van der Waals surface area contributed by atoms with Crippen molar-refractivity contribution in [3.05, 3.63) is 48.5 Å². The van der Waals surface area contributed by atoms with Crippen molar-refractivity contribution in [3.8, 4) is 15.5 Å². The number of amides is 2. The van der Waals surface area contributed by atoms with Gasteiger partial charge in [-0.1, -0.05) is 16.6 Å². The van der Waals surface area contributed by atoms with Crippen LogP contribution in [0.4, 0.5) is 19.7 Å². The molecule has 3 heterocycles. The number of thiophene rings is 1. The molecule has 1 atom stereocenters. The molecule has 144 valence electrons. The molecule has 2 N–H and O–H groups in total. The molecule has 1 aromatic carbocycles. The molecule has 1 aliphatic heterocycles. The van der Waals surface area contributed by atoms with Crippen molar-refractivity contribution in [1.82, 2.24) is 15.0 Å². The lowest BCUT2D eigenvalue weighted by Gasteiger charge is -2.14. The number of cyclic esters (lactones) is 1. The number of primary amides is 1. The molecule has 0 saturated carbocycles. The third-order valence-electron chi connectivity index (χ3n) is 4.05. The normalized spacial score (nSPS) is 16.2. The van der Waals surface area contributed by atoms with Gasteiger partial charge in [-0.2, -0.15) is 0 Å². The molecule has 9 nitrogen and oxygen atoms in total. The summed E-state index contributed by atoms with van der Waals surface area (Å²) in [6, 6.07) is 7.61. The molecule has 3 aromatic rings. The number of hydrogen-bond donors (Lipinski definition) is 1. The number of carbonyl (C=O) groups is 2. The Balaban J connectivity index is 1.50. The quantitative estimate of drug-likeness (QED) is 0.701. The van der Waals surface area contributed by atoms with Crippen LogP contribution >= 0.6 is 11.3 Å². The first-order valence-electron chi connectivity index (χ1n) is 8.19. The number of ether oxygens (including phenoxy) is 2. The highest BCUT2D eigenvalue weighted by Crippen LogP contribution is 2.36. The van der Waals surface area contributed by atoms with Gasteiger partial charge in [-0.3, -0.25) is 4.90 Å². The van der Waals surface area contributed by atoms with Crippen molar-refractivity contribution in [1.29, 1.82) is 0 Å². The van der Waals surface area contributed by atoms with Crippen molar-refractivity contribution >= 4 is 29.2 Å². The van der Waals surface area contributed by atoms with Crippen LogP contribution in [0.1, 0.15) is 0 Å². The molecular weight excluding hydrogens is 389 g/mol. The first-order chi connectivity index (χ1) is 13.5. The fourth-order valence-corrected chi connectivity index (χ4v) is 3.75. The predicted octanol–water partition coefficient (Wildman–Crippen LogP) is 2.63. The minimum atomic E-state index is -0.933. The number of nitrogens with two attached hydrogens (primary N) is 1. The number of halogens is 1. The monoisotopic (exact) mass is 403 g/mol. The van der Waals surface area contributed by atoms with Gasteiger partial charge in [0.1, 0.15) is 11.9 Å². The first-order valence-corrected chi connectivity index (χ1v) is 9.00. The van der Waals surface area contributed by atoms with E-state index in [4.69, 9.17) is 15.2 Å². The molecule has 4 rings (SSSR count). The van der Waals surface area contributed by atoms with E-state index in [9.17, 15) is 14.0 Å². The fraction of sp³-hybridized carbons (Fsp3) is 0.176. The zero-order chi connectivity index (χ0) is 19.7. The highest BCUT2D eigenvalue weighted by atomic mass is 32.1. The molecule has 1 fully saturated rings. The average molecular weight is 403 g/mol. The minimum Gasteiger partial charge on any atom is -0.442 e. The van der Waals surface area contributed by atoms with E-state index >= 15 is 0 Å². The second kappa shape index (κ2) is 7.27. The van der Waals surface area contributed by atoms with E-state index in [2.05, 4.69) is 10.3 Å². The molecule has 0 unspecified atom stereocenters. The van der Waals surface area contributed by atoms with Crippen LogP contribution < -0.4 is 15.4 Å². The SMILES string of the molecule is NC(=O)Oc1ccc(-c2ccc(N3C[C@H](Cn4ccnn4)OC3=O)cc2F)s1. The van der Waals surface area contributed by atoms with Crippen LogP contribution in [-0.2, 0) is 11.3 Å². The lowest BCUT2D eigenvalue weighted by atomic mass is 10.1. The minimum absolute atomic E-state index is 0.269. The Kier molecular flexibility index (Phi) is 4.65. The van der Waals surface area contributed by atoms with Crippen molar-refractivity contribution in [2.24, 2.45) is 5.73 Å². The molecule has 0 aliphatic carbocycles. The molecule has 11 heteroatoms. The van der Waals surface area contributed by atoms with Gasteiger partial charge < -0.3 is 15.2 Å². The van der Waals surface area contributed by atoms with Crippen LogP contribution in [0, 0.1) is 5.82 Å². The summed E-state index contributed by atoms with van der Waals surface area (Å²) in [7, 11) is 0. The summed E-state index contributed by atoms with van der Waals surface area (Å²) in [5.41, 5.74) is 5.68. The van der Waals surface area contributed by atoms with Gasteiger partial charge in [0.15, 0.2) is 5.06 Å². The van der Waals surface area contributed by atoms with Crippen LogP contribution in [0.5, 0.6) is 5.06 Å². The summed E-state index contributed by atoms with van der Waals surface area (Å²) in [5, 5.41) is 7.81. The van der Waals surface area contributed by atoms with Gasteiger partial charge in [0.05, 0.1) is 25.0 Å². The summed E-state index contributed by atoms with van der Waals surface area (Å²) < 4.78 is 26.3. The molecule has 28 heavy (non-hydrogen) atoms. The second-order valence-electron chi connectivity index (χ2n) is 5.95. The highest BCUT2D eigenvalue weighted by Gasteiger charge is 2.33. The van der Waals surface area contributed by atoms with E-state index in [1.54, 1.807) is 29.1 Å². The fourth-order valence-electron chi connectivity index (χ4n) is 2.86. The van der Waals surface area contributed by atoms with Gasteiger partial charge in [0.25, 0.3) is 0 Å². The van der Waals surface area contributed by atoms with Crippen LogP contribution in [0.2, 0.25) is 0 Å². The topological polar surface area (TPSA) is 113 Å². The molecule has 0 radical (unpaired) electrons. The molecule has 0 spiro atoms. The predicted molar refractivity (Wildman–Crippen MR) is 97.6 cm³/mol. The zero-order valence-corrected chi connectivity index (χ0v) is 15.1. The van der Waals surface area contributed by atoms with E-state index in [0.29, 0.717) is 22.7 Å². The van der Waals surface area contributed by atoms with E-state index in [0.717, 1.165) is 11.3 Å². The van der Waals surface area contributed by atoms with Crippen LogP contribution in [0.3, 0.4) is 0 Å². The zero-order valence-electron chi connectivity index (χ0n) is 14.3. The number of rotatable bonds is 5.